The van der Waals surface area contributed by atoms with Crippen molar-refractivity contribution in [2.75, 3.05) is 0 Å². The van der Waals surface area contributed by atoms with Crippen LogP contribution < -0.4 is 11.1 Å². The Kier molecular flexibility index (Phi) is 4.59. The van der Waals surface area contributed by atoms with Crippen molar-refractivity contribution in [3.05, 3.63) is 11.6 Å². The number of nitrogens with two attached hydrogens (primary N) is 1. The molecule has 12 heavy (non-hydrogen) atoms. The molecule has 0 radical (unpaired) electrons. The first kappa shape index (κ1) is 11.2. The quantitative estimate of drug-likeness (QED) is 0.616. The lowest BCUT2D eigenvalue weighted by atomic mass is 10.2. The molecule has 1 atom stereocenters. The number of rotatable bonds is 3. The van der Waals surface area contributed by atoms with Crippen LogP contribution in [0.3, 0.4) is 0 Å². The van der Waals surface area contributed by atoms with E-state index in [1.54, 1.807) is 13.0 Å². The van der Waals surface area contributed by atoms with Gasteiger partial charge in [0.2, 0.25) is 5.91 Å². The highest BCUT2D eigenvalue weighted by Crippen LogP contribution is 1.95. The van der Waals surface area contributed by atoms with Crippen LogP contribution in [0.1, 0.15) is 27.7 Å². The Morgan fingerprint density at radius 2 is 1.92 bits per heavy atom. The minimum Gasteiger partial charge on any atom is -0.350 e. The molecule has 0 aromatic rings. The Morgan fingerprint density at radius 1 is 1.42 bits per heavy atom. The molecule has 0 aliphatic carbocycles. The van der Waals surface area contributed by atoms with E-state index in [9.17, 15) is 4.79 Å². The topological polar surface area (TPSA) is 55.1 Å². The van der Waals surface area contributed by atoms with E-state index in [0.29, 0.717) is 5.57 Å². The van der Waals surface area contributed by atoms with Crippen LogP contribution in [-0.2, 0) is 4.79 Å². The van der Waals surface area contributed by atoms with Gasteiger partial charge in [-0.25, -0.2) is 0 Å². The van der Waals surface area contributed by atoms with Crippen LogP contribution in [0.2, 0.25) is 0 Å². The lowest BCUT2D eigenvalue weighted by Gasteiger charge is -2.08. The van der Waals surface area contributed by atoms with Crippen LogP contribution in [0, 0.1) is 0 Å². The van der Waals surface area contributed by atoms with E-state index >= 15 is 0 Å². The molecular formula is C9H18N2O. The van der Waals surface area contributed by atoms with E-state index < -0.39 is 0 Å². The van der Waals surface area contributed by atoms with Crippen molar-refractivity contribution < 1.29 is 4.79 Å². The first-order valence-corrected chi connectivity index (χ1v) is 4.18. The molecule has 3 heteroatoms. The summed E-state index contributed by atoms with van der Waals surface area (Å²) in [4.78, 5) is 11.3. The van der Waals surface area contributed by atoms with Crippen molar-refractivity contribution in [2.24, 2.45) is 5.73 Å². The van der Waals surface area contributed by atoms with Gasteiger partial charge in [0.05, 0.1) is 0 Å². The molecule has 0 bridgehead atoms. The van der Waals surface area contributed by atoms with Crippen molar-refractivity contribution in [1.29, 1.82) is 0 Å². The van der Waals surface area contributed by atoms with E-state index in [4.69, 9.17) is 5.73 Å². The van der Waals surface area contributed by atoms with Crippen LogP contribution in [-0.4, -0.2) is 18.0 Å². The predicted octanol–water partition coefficient (Wildman–Crippen LogP) is 0.804. The van der Waals surface area contributed by atoms with Gasteiger partial charge in [-0.15, -0.1) is 0 Å². The summed E-state index contributed by atoms with van der Waals surface area (Å²) >= 11 is 0. The number of carbonyl (C=O) groups excluding carboxylic acids is 1. The normalized spacial score (nSPS) is 14.7. The first-order valence-electron chi connectivity index (χ1n) is 4.18. The Hall–Kier alpha value is -0.830. The Bertz CT molecular complexity index is 183. The zero-order valence-corrected chi connectivity index (χ0v) is 8.22. The minimum atomic E-state index is -0.0667. The average molecular weight is 170 g/mol. The SMILES string of the molecule is C/C(=C/[C@H](C)N)C(=O)NC(C)C. The molecule has 0 aliphatic rings. The standard InChI is InChI=1S/C9H18N2O/c1-6(2)11-9(12)7(3)5-8(4)10/h5-6,8H,10H2,1-4H3,(H,11,12)/b7-5-/t8-/m0/s1. The smallest absolute Gasteiger partial charge is 0.246 e. The maximum absolute atomic E-state index is 11.3. The molecule has 0 unspecified atom stereocenters. The molecule has 0 aromatic carbocycles. The van der Waals surface area contributed by atoms with Gasteiger partial charge >= 0.3 is 0 Å². The van der Waals surface area contributed by atoms with E-state index in [2.05, 4.69) is 5.32 Å². The fourth-order valence-electron chi connectivity index (χ4n) is 0.846. The van der Waals surface area contributed by atoms with Crippen LogP contribution in [0.15, 0.2) is 11.6 Å². The molecule has 3 N–H and O–H groups in total. The number of nitrogens with one attached hydrogen (secondary N) is 1. The van der Waals surface area contributed by atoms with Gasteiger partial charge in [-0.1, -0.05) is 6.08 Å². The van der Waals surface area contributed by atoms with Crippen molar-refractivity contribution in [3.63, 3.8) is 0 Å². The number of hydrogen-bond donors (Lipinski definition) is 2. The third-order valence-corrected chi connectivity index (χ3v) is 1.29. The molecule has 3 nitrogen and oxygen atoms in total. The number of amides is 1. The molecule has 0 aromatic heterocycles. The summed E-state index contributed by atoms with van der Waals surface area (Å²) in [5.41, 5.74) is 6.18. The summed E-state index contributed by atoms with van der Waals surface area (Å²) in [5, 5.41) is 2.79. The first-order chi connectivity index (χ1) is 5.43. The largest absolute Gasteiger partial charge is 0.350 e. The zero-order valence-electron chi connectivity index (χ0n) is 8.22. The second-order valence-corrected chi connectivity index (χ2v) is 3.34. The van der Waals surface area contributed by atoms with E-state index in [-0.39, 0.29) is 18.0 Å². The minimum absolute atomic E-state index is 0.0395. The third-order valence-electron chi connectivity index (χ3n) is 1.29. The summed E-state index contributed by atoms with van der Waals surface area (Å²) in [6.07, 6.45) is 1.75. The number of hydrogen-bond acceptors (Lipinski definition) is 2. The second-order valence-electron chi connectivity index (χ2n) is 3.34. The highest BCUT2D eigenvalue weighted by Gasteiger charge is 2.05. The summed E-state index contributed by atoms with van der Waals surface area (Å²) in [7, 11) is 0. The molecule has 0 rings (SSSR count). The van der Waals surface area contributed by atoms with Gasteiger partial charge in [0.15, 0.2) is 0 Å². The molecule has 0 saturated carbocycles. The maximum atomic E-state index is 11.3. The highest BCUT2D eigenvalue weighted by atomic mass is 16.1. The van der Waals surface area contributed by atoms with Gasteiger partial charge in [0.25, 0.3) is 0 Å². The molecule has 0 saturated heterocycles. The van der Waals surface area contributed by atoms with Crippen LogP contribution in [0.25, 0.3) is 0 Å². The molecule has 0 fully saturated rings. The summed E-state index contributed by atoms with van der Waals surface area (Å²) in [6, 6.07) is 0.108. The summed E-state index contributed by atoms with van der Waals surface area (Å²) in [6.45, 7) is 7.46. The monoisotopic (exact) mass is 170 g/mol. The third kappa shape index (κ3) is 4.91. The van der Waals surface area contributed by atoms with Crippen molar-refractivity contribution in [3.8, 4) is 0 Å². The summed E-state index contributed by atoms with van der Waals surface area (Å²) < 4.78 is 0. The van der Waals surface area contributed by atoms with E-state index in [1.807, 2.05) is 20.8 Å². The van der Waals surface area contributed by atoms with Crippen molar-refractivity contribution in [2.45, 2.75) is 39.8 Å². The average Bonchev–Trinajstić information content (AvgIpc) is 1.84. The van der Waals surface area contributed by atoms with Crippen molar-refractivity contribution in [1.82, 2.24) is 5.32 Å². The maximum Gasteiger partial charge on any atom is 0.246 e. The van der Waals surface area contributed by atoms with Crippen LogP contribution in [0.4, 0.5) is 0 Å². The fourth-order valence-corrected chi connectivity index (χ4v) is 0.846. The molecule has 1 amide bonds. The van der Waals surface area contributed by atoms with E-state index in [0.717, 1.165) is 0 Å². The van der Waals surface area contributed by atoms with Gasteiger partial charge in [-0.2, -0.15) is 0 Å². The fraction of sp³-hybridized carbons (Fsp3) is 0.667. The lowest BCUT2D eigenvalue weighted by Crippen LogP contribution is -2.31. The molecule has 0 aliphatic heterocycles. The van der Waals surface area contributed by atoms with E-state index in [1.165, 1.54) is 0 Å². The van der Waals surface area contributed by atoms with Crippen LogP contribution in [0.5, 0.6) is 0 Å². The lowest BCUT2D eigenvalue weighted by molar-refractivity contribution is -0.117. The molecule has 70 valence electrons. The van der Waals surface area contributed by atoms with Gasteiger partial charge in [-0.05, 0) is 27.7 Å². The zero-order chi connectivity index (χ0) is 9.72. The Labute approximate surface area is 74.0 Å². The highest BCUT2D eigenvalue weighted by molar-refractivity contribution is 5.92. The predicted molar refractivity (Wildman–Crippen MR) is 50.7 cm³/mol. The molecule has 0 heterocycles. The summed E-state index contributed by atoms with van der Waals surface area (Å²) in [5.74, 6) is -0.0395. The molecular weight excluding hydrogens is 152 g/mol. The van der Waals surface area contributed by atoms with Gasteiger partial charge in [0, 0.05) is 17.7 Å². The number of carbonyl (C=O) groups is 1. The Balaban J connectivity index is 4.10. The second kappa shape index (κ2) is 4.93. The van der Waals surface area contributed by atoms with Crippen molar-refractivity contribution >= 4 is 5.91 Å². The van der Waals surface area contributed by atoms with Gasteiger partial charge < -0.3 is 11.1 Å². The Morgan fingerprint density at radius 3 is 2.25 bits per heavy atom. The van der Waals surface area contributed by atoms with Gasteiger partial charge in [0.1, 0.15) is 0 Å². The van der Waals surface area contributed by atoms with Crippen LogP contribution >= 0.6 is 0 Å². The van der Waals surface area contributed by atoms with Gasteiger partial charge in [-0.3, -0.25) is 4.79 Å². The molecule has 0 spiro atoms.